The fourth-order valence-corrected chi connectivity index (χ4v) is 5.10. The number of nitrogens with one attached hydrogen (secondary N) is 1. The van der Waals surface area contributed by atoms with E-state index in [-0.39, 0.29) is 5.25 Å². The van der Waals surface area contributed by atoms with Crippen LogP contribution in [0.5, 0.6) is 0 Å². The molecule has 0 amide bonds. The minimum atomic E-state index is -3.02. The Morgan fingerprint density at radius 3 is 2.39 bits per heavy atom. The molecule has 1 saturated heterocycles. The summed E-state index contributed by atoms with van der Waals surface area (Å²) >= 11 is 0. The molecule has 1 aromatic rings. The second kappa shape index (κ2) is 5.70. The molecular formula is C16H24N4O2S. The molecule has 2 saturated carbocycles. The number of nitrogens with zero attached hydrogens (tertiary/aromatic N) is 3. The molecule has 0 aromatic carbocycles. The number of anilines is 1. The van der Waals surface area contributed by atoms with Gasteiger partial charge in [0.2, 0.25) is 10.0 Å². The van der Waals surface area contributed by atoms with Gasteiger partial charge in [-0.1, -0.05) is 0 Å². The highest BCUT2D eigenvalue weighted by atomic mass is 32.2. The summed E-state index contributed by atoms with van der Waals surface area (Å²) in [5.41, 5.74) is 0.998. The molecule has 0 radical (unpaired) electrons. The fraction of sp³-hybridized carbons (Fsp3) is 0.750. The number of sulfonamides is 1. The second-order valence-electron chi connectivity index (χ2n) is 7.09. The zero-order valence-electron chi connectivity index (χ0n) is 13.5. The summed E-state index contributed by atoms with van der Waals surface area (Å²) in [4.78, 5) is 9.16. The van der Waals surface area contributed by atoms with Crippen LogP contribution < -0.4 is 5.32 Å². The Hall–Kier alpha value is -1.21. The van der Waals surface area contributed by atoms with E-state index in [0.717, 1.165) is 43.0 Å². The standard InChI is InChI=1S/C16H24N4O2S/c1-11-10-15(19-16(17-11)12-2-3-12)18-13-6-8-20(9-7-13)23(21,22)14-4-5-14/h10,12-14H,2-9H2,1H3,(H,17,18,19). The number of piperidine rings is 1. The van der Waals surface area contributed by atoms with E-state index in [1.807, 2.05) is 13.0 Å². The van der Waals surface area contributed by atoms with Gasteiger partial charge in [-0.15, -0.1) is 0 Å². The number of hydrogen-bond acceptors (Lipinski definition) is 5. The first-order valence-corrected chi connectivity index (χ1v) is 10.1. The first kappa shape index (κ1) is 15.3. The highest BCUT2D eigenvalue weighted by molar-refractivity contribution is 7.90. The maximum atomic E-state index is 12.3. The van der Waals surface area contributed by atoms with E-state index in [2.05, 4.69) is 15.3 Å². The van der Waals surface area contributed by atoms with Gasteiger partial charge in [-0.2, -0.15) is 0 Å². The summed E-state index contributed by atoms with van der Waals surface area (Å²) in [5.74, 6) is 2.39. The first-order chi connectivity index (χ1) is 11.0. The van der Waals surface area contributed by atoms with E-state index >= 15 is 0 Å². The van der Waals surface area contributed by atoms with E-state index in [9.17, 15) is 8.42 Å². The van der Waals surface area contributed by atoms with E-state index in [1.165, 1.54) is 12.8 Å². The average Bonchev–Trinajstić information content (AvgIpc) is 3.40. The van der Waals surface area contributed by atoms with Gasteiger partial charge in [0.05, 0.1) is 5.25 Å². The molecule has 2 aliphatic carbocycles. The van der Waals surface area contributed by atoms with Crippen LogP contribution in [0.2, 0.25) is 0 Å². The van der Waals surface area contributed by atoms with Crippen LogP contribution in [0.15, 0.2) is 6.07 Å². The lowest BCUT2D eigenvalue weighted by Crippen LogP contribution is -2.43. The topological polar surface area (TPSA) is 75.2 Å². The molecule has 0 atom stereocenters. The van der Waals surface area contributed by atoms with Crippen LogP contribution in [0.4, 0.5) is 5.82 Å². The van der Waals surface area contributed by atoms with E-state index in [0.29, 0.717) is 25.0 Å². The summed E-state index contributed by atoms with van der Waals surface area (Å²) in [7, 11) is -3.02. The fourth-order valence-electron chi connectivity index (χ4n) is 3.23. The SMILES string of the molecule is Cc1cc(NC2CCN(S(=O)(=O)C3CC3)CC2)nc(C2CC2)n1. The zero-order chi connectivity index (χ0) is 16.0. The van der Waals surface area contributed by atoms with Crippen molar-refractivity contribution >= 4 is 15.8 Å². The molecule has 0 bridgehead atoms. The highest BCUT2D eigenvalue weighted by Crippen LogP contribution is 2.38. The maximum Gasteiger partial charge on any atom is 0.216 e. The van der Waals surface area contributed by atoms with Gasteiger partial charge in [-0.05, 0) is 45.4 Å². The van der Waals surface area contributed by atoms with Crippen molar-refractivity contribution in [1.82, 2.24) is 14.3 Å². The lowest BCUT2D eigenvalue weighted by Gasteiger charge is -2.32. The Morgan fingerprint density at radius 2 is 1.78 bits per heavy atom. The Balaban J connectivity index is 1.38. The van der Waals surface area contributed by atoms with Crippen molar-refractivity contribution in [3.8, 4) is 0 Å². The molecule has 1 N–H and O–H groups in total. The van der Waals surface area contributed by atoms with Crippen molar-refractivity contribution in [3.05, 3.63) is 17.6 Å². The lowest BCUT2D eigenvalue weighted by molar-refractivity contribution is 0.329. The largest absolute Gasteiger partial charge is 0.367 e. The smallest absolute Gasteiger partial charge is 0.216 e. The molecule has 3 aliphatic rings. The third-order valence-electron chi connectivity index (χ3n) is 4.93. The second-order valence-corrected chi connectivity index (χ2v) is 9.30. The van der Waals surface area contributed by atoms with Gasteiger partial charge in [0, 0.05) is 36.8 Å². The quantitative estimate of drug-likeness (QED) is 0.890. The molecule has 126 valence electrons. The van der Waals surface area contributed by atoms with Gasteiger partial charge < -0.3 is 5.32 Å². The first-order valence-electron chi connectivity index (χ1n) is 8.63. The van der Waals surface area contributed by atoms with Crippen LogP contribution in [0.25, 0.3) is 0 Å². The normalized spacial score (nSPS) is 23.9. The molecule has 0 spiro atoms. The maximum absolute atomic E-state index is 12.3. The van der Waals surface area contributed by atoms with Crippen LogP contribution in [0.3, 0.4) is 0 Å². The van der Waals surface area contributed by atoms with Gasteiger partial charge >= 0.3 is 0 Å². The highest BCUT2D eigenvalue weighted by Gasteiger charge is 2.41. The molecule has 1 aromatic heterocycles. The summed E-state index contributed by atoms with van der Waals surface area (Å²) < 4.78 is 26.2. The predicted octanol–water partition coefficient (Wildman–Crippen LogP) is 2.03. The van der Waals surface area contributed by atoms with Crippen LogP contribution >= 0.6 is 0 Å². The van der Waals surface area contributed by atoms with Gasteiger partial charge in [-0.3, -0.25) is 0 Å². The van der Waals surface area contributed by atoms with Gasteiger partial charge in [0.1, 0.15) is 11.6 Å². The van der Waals surface area contributed by atoms with Gasteiger partial charge in [0.25, 0.3) is 0 Å². The summed E-state index contributed by atoms with van der Waals surface area (Å²) in [6.07, 6.45) is 5.75. The average molecular weight is 336 g/mol. The summed E-state index contributed by atoms with van der Waals surface area (Å²) in [5, 5.41) is 3.39. The van der Waals surface area contributed by atoms with Crippen molar-refractivity contribution in [2.45, 2.75) is 62.7 Å². The van der Waals surface area contributed by atoms with E-state index in [1.54, 1.807) is 4.31 Å². The molecule has 4 rings (SSSR count). The van der Waals surface area contributed by atoms with Crippen molar-refractivity contribution in [2.75, 3.05) is 18.4 Å². The summed E-state index contributed by atoms with van der Waals surface area (Å²) in [6, 6.07) is 2.28. The zero-order valence-corrected chi connectivity index (χ0v) is 14.3. The number of aromatic nitrogens is 2. The minimum absolute atomic E-state index is 0.0994. The summed E-state index contributed by atoms with van der Waals surface area (Å²) in [6.45, 7) is 3.25. The van der Waals surface area contributed by atoms with Crippen molar-refractivity contribution in [1.29, 1.82) is 0 Å². The van der Waals surface area contributed by atoms with Crippen LogP contribution in [-0.2, 0) is 10.0 Å². The molecule has 0 unspecified atom stereocenters. The van der Waals surface area contributed by atoms with Crippen LogP contribution in [0, 0.1) is 6.92 Å². The molecule has 1 aliphatic heterocycles. The van der Waals surface area contributed by atoms with Crippen LogP contribution in [0.1, 0.15) is 56.0 Å². The molecule has 7 heteroatoms. The Kier molecular flexibility index (Phi) is 3.80. The molecule has 3 fully saturated rings. The number of hydrogen-bond donors (Lipinski definition) is 1. The van der Waals surface area contributed by atoms with Crippen molar-refractivity contribution < 1.29 is 8.42 Å². The van der Waals surface area contributed by atoms with Gasteiger partial charge in [0.15, 0.2) is 0 Å². The Labute approximate surface area is 137 Å². The van der Waals surface area contributed by atoms with E-state index in [4.69, 9.17) is 0 Å². The number of rotatable bonds is 5. The minimum Gasteiger partial charge on any atom is -0.367 e. The molecule has 23 heavy (non-hydrogen) atoms. The van der Waals surface area contributed by atoms with Crippen LogP contribution in [-0.4, -0.2) is 47.1 Å². The molecule has 6 nitrogen and oxygen atoms in total. The van der Waals surface area contributed by atoms with Crippen molar-refractivity contribution in [3.63, 3.8) is 0 Å². The van der Waals surface area contributed by atoms with E-state index < -0.39 is 10.0 Å². The van der Waals surface area contributed by atoms with Crippen molar-refractivity contribution in [2.24, 2.45) is 0 Å². The molecule has 2 heterocycles. The third-order valence-corrected chi connectivity index (χ3v) is 7.32. The Morgan fingerprint density at radius 1 is 1.09 bits per heavy atom. The monoisotopic (exact) mass is 336 g/mol. The van der Waals surface area contributed by atoms with Gasteiger partial charge in [-0.25, -0.2) is 22.7 Å². The Bertz CT molecular complexity index is 690. The lowest BCUT2D eigenvalue weighted by atomic mass is 10.1. The predicted molar refractivity (Wildman–Crippen MR) is 88.9 cm³/mol. The number of aryl methyl sites for hydroxylation is 1. The molecular weight excluding hydrogens is 312 g/mol. The third kappa shape index (κ3) is 3.35.